The Bertz CT molecular complexity index is 274. The van der Waals surface area contributed by atoms with Crippen molar-refractivity contribution >= 4 is 17.0 Å². The first-order valence-electron chi connectivity index (χ1n) is 1.92. The van der Waals surface area contributed by atoms with Gasteiger partial charge in [-0.3, -0.25) is 4.79 Å². The SMILES string of the molecule is O=C(Cl)n1nn[nH]c1=O. The molecule has 0 fully saturated rings. The van der Waals surface area contributed by atoms with Crippen LogP contribution in [0.5, 0.6) is 0 Å². The largest absolute Gasteiger partial charge is 0.369 e. The Morgan fingerprint density at radius 1 is 1.78 bits per heavy atom. The molecule has 0 aliphatic carbocycles. The van der Waals surface area contributed by atoms with Gasteiger partial charge in [-0.05, 0) is 22.0 Å². The second kappa shape index (κ2) is 1.98. The maximum absolute atomic E-state index is 10.3. The number of tetrazole rings is 1. The predicted molar refractivity (Wildman–Crippen MR) is 27.3 cm³/mol. The molecule has 0 bridgehead atoms. The molecule has 0 amide bonds. The average molecular weight is 149 g/mol. The van der Waals surface area contributed by atoms with Crippen LogP contribution in [-0.4, -0.2) is 25.6 Å². The highest BCUT2D eigenvalue weighted by atomic mass is 35.5. The molecule has 0 aliphatic rings. The lowest BCUT2D eigenvalue weighted by molar-refractivity contribution is 0.257. The Labute approximate surface area is 53.4 Å². The van der Waals surface area contributed by atoms with E-state index < -0.39 is 11.1 Å². The minimum absolute atomic E-state index is 0.404. The van der Waals surface area contributed by atoms with E-state index >= 15 is 0 Å². The van der Waals surface area contributed by atoms with Crippen LogP contribution in [0, 0.1) is 0 Å². The Kier molecular flexibility index (Phi) is 1.31. The number of nitrogens with zero attached hydrogens (tertiary/aromatic N) is 3. The van der Waals surface area contributed by atoms with Crippen molar-refractivity contribution in [2.75, 3.05) is 0 Å². The van der Waals surface area contributed by atoms with E-state index in [1.54, 1.807) is 0 Å². The van der Waals surface area contributed by atoms with Crippen molar-refractivity contribution in [3.05, 3.63) is 10.5 Å². The lowest BCUT2D eigenvalue weighted by Crippen LogP contribution is -2.20. The summed E-state index contributed by atoms with van der Waals surface area (Å²) in [6, 6.07) is 0. The van der Waals surface area contributed by atoms with Gasteiger partial charge in [0.15, 0.2) is 0 Å². The van der Waals surface area contributed by atoms with Gasteiger partial charge in [-0.25, -0.2) is 9.89 Å². The first-order chi connectivity index (χ1) is 4.22. The lowest BCUT2D eigenvalue weighted by atomic mass is 11.1. The van der Waals surface area contributed by atoms with E-state index in [1.165, 1.54) is 0 Å². The zero-order valence-corrected chi connectivity index (χ0v) is 4.79. The molecule has 1 rings (SSSR count). The van der Waals surface area contributed by atoms with Gasteiger partial charge in [0, 0.05) is 0 Å². The van der Waals surface area contributed by atoms with Crippen LogP contribution in [0.3, 0.4) is 0 Å². The molecular formula is C2HClN4O2. The molecule has 1 aromatic heterocycles. The van der Waals surface area contributed by atoms with E-state index in [0.717, 1.165) is 0 Å². The number of halogens is 1. The quantitative estimate of drug-likeness (QED) is 0.385. The number of carbonyl (C=O) groups excluding carboxylic acids is 1. The van der Waals surface area contributed by atoms with Crippen molar-refractivity contribution in [2.45, 2.75) is 0 Å². The van der Waals surface area contributed by atoms with Crippen LogP contribution in [0.25, 0.3) is 0 Å². The van der Waals surface area contributed by atoms with E-state index in [-0.39, 0.29) is 0 Å². The fraction of sp³-hybridized carbons (Fsp3) is 0. The van der Waals surface area contributed by atoms with Gasteiger partial charge >= 0.3 is 11.1 Å². The Balaban J connectivity index is 3.24. The predicted octanol–water partition coefficient (Wildman–Crippen LogP) is -0.827. The van der Waals surface area contributed by atoms with Gasteiger partial charge < -0.3 is 0 Å². The van der Waals surface area contributed by atoms with Crippen molar-refractivity contribution in [1.29, 1.82) is 0 Å². The number of carbonyl (C=O) groups is 1. The molecule has 6 nitrogen and oxygen atoms in total. The van der Waals surface area contributed by atoms with E-state index in [1.807, 2.05) is 5.10 Å². The third-order valence-corrected chi connectivity index (χ3v) is 0.799. The molecule has 1 aromatic rings. The van der Waals surface area contributed by atoms with Crippen molar-refractivity contribution in [3.63, 3.8) is 0 Å². The Morgan fingerprint density at radius 3 is 2.67 bits per heavy atom. The van der Waals surface area contributed by atoms with Gasteiger partial charge in [0.2, 0.25) is 0 Å². The van der Waals surface area contributed by atoms with Crippen LogP contribution in [0.2, 0.25) is 0 Å². The second-order valence-corrected chi connectivity index (χ2v) is 1.49. The summed E-state index contributed by atoms with van der Waals surface area (Å²) < 4.78 is 0.404. The molecular weight excluding hydrogens is 148 g/mol. The van der Waals surface area contributed by atoms with E-state index in [4.69, 9.17) is 11.6 Å². The summed E-state index contributed by atoms with van der Waals surface area (Å²) in [5.74, 6) is 0. The van der Waals surface area contributed by atoms with E-state index in [9.17, 15) is 9.59 Å². The molecule has 0 saturated heterocycles. The summed E-state index contributed by atoms with van der Waals surface area (Å²) in [5, 5.41) is 6.96. The van der Waals surface area contributed by atoms with Gasteiger partial charge in [0.05, 0.1) is 0 Å². The van der Waals surface area contributed by atoms with Gasteiger partial charge in [-0.15, -0.1) is 4.68 Å². The summed E-state index contributed by atoms with van der Waals surface area (Å²) in [7, 11) is 0. The monoisotopic (exact) mass is 148 g/mol. The van der Waals surface area contributed by atoms with Crippen LogP contribution < -0.4 is 5.69 Å². The minimum Gasteiger partial charge on any atom is -0.253 e. The Hall–Kier alpha value is -1.17. The first-order valence-corrected chi connectivity index (χ1v) is 2.30. The van der Waals surface area contributed by atoms with Crippen molar-refractivity contribution in [2.24, 2.45) is 0 Å². The summed E-state index contributed by atoms with van der Waals surface area (Å²) >= 11 is 4.85. The van der Waals surface area contributed by atoms with Gasteiger partial charge in [-0.2, -0.15) is 0 Å². The maximum atomic E-state index is 10.3. The van der Waals surface area contributed by atoms with Crippen LogP contribution >= 0.6 is 11.6 Å². The van der Waals surface area contributed by atoms with Gasteiger partial charge in [-0.1, -0.05) is 0 Å². The summed E-state index contributed by atoms with van der Waals surface area (Å²) in [4.78, 5) is 20.5. The fourth-order valence-electron chi connectivity index (χ4n) is 0.313. The number of rotatable bonds is 0. The third kappa shape index (κ3) is 0.968. The van der Waals surface area contributed by atoms with E-state index in [0.29, 0.717) is 4.68 Å². The lowest BCUT2D eigenvalue weighted by Gasteiger charge is -1.79. The number of hydrogen-bond acceptors (Lipinski definition) is 4. The van der Waals surface area contributed by atoms with Gasteiger partial charge in [0.25, 0.3) is 0 Å². The van der Waals surface area contributed by atoms with Crippen LogP contribution in [0.4, 0.5) is 4.79 Å². The van der Waals surface area contributed by atoms with Crippen molar-refractivity contribution in [3.8, 4) is 0 Å². The first kappa shape index (κ1) is 5.96. The highest BCUT2D eigenvalue weighted by Gasteiger charge is 2.03. The smallest absolute Gasteiger partial charge is 0.253 e. The highest BCUT2D eigenvalue weighted by molar-refractivity contribution is 6.63. The summed E-state index contributed by atoms with van der Waals surface area (Å²) in [5.41, 5.74) is -0.741. The molecule has 0 aliphatic heterocycles. The Morgan fingerprint density at radius 2 is 2.44 bits per heavy atom. The fourth-order valence-corrected chi connectivity index (χ4v) is 0.423. The minimum atomic E-state index is -0.978. The normalized spacial score (nSPS) is 9.44. The molecule has 1 N–H and O–H groups in total. The highest BCUT2D eigenvalue weighted by Crippen LogP contribution is 1.79. The molecule has 7 heteroatoms. The molecule has 0 atom stereocenters. The van der Waals surface area contributed by atoms with Crippen LogP contribution in [-0.2, 0) is 0 Å². The van der Waals surface area contributed by atoms with Crippen molar-refractivity contribution in [1.82, 2.24) is 20.2 Å². The topological polar surface area (TPSA) is 80.6 Å². The molecule has 9 heavy (non-hydrogen) atoms. The second-order valence-electron chi connectivity index (χ2n) is 1.17. The number of aromatic amines is 1. The molecule has 0 aromatic carbocycles. The third-order valence-electron chi connectivity index (χ3n) is 0.639. The average Bonchev–Trinajstić information content (AvgIpc) is 2.13. The standard InChI is InChI=1S/C2HClN4O2/c3-1(8)7-2(9)4-5-6-7/h(H,4,6,9). The number of H-pyrrole nitrogens is 1. The summed E-state index contributed by atoms with van der Waals surface area (Å²) in [6.07, 6.45) is 0. The van der Waals surface area contributed by atoms with Crippen LogP contribution in [0.15, 0.2) is 4.79 Å². The molecule has 1 heterocycles. The molecule has 0 spiro atoms. The number of aromatic nitrogens is 4. The number of nitrogens with one attached hydrogen (secondary N) is 1. The molecule has 0 saturated carbocycles. The zero-order chi connectivity index (χ0) is 6.85. The van der Waals surface area contributed by atoms with Gasteiger partial charge in [0.1, 0.15) is 0 Å². The molecule has 48 valence electrons. The van der Waals surface area contributed by atoms with Crippen molar-refractivity contribution < 1.29 is 4.79 Å². The summed E-state index contributed by atoms with van der Waals surface area (Å²) in [6.45, 7) is 0. The molecule has 0 radical (unpaired) electrons. The zero-order valence-electron chi connectivity index (χ0n) is 4.04. The van der Waals surface area contributed by atoms with Crippen LogP contribution in [0.1, 0.15) is 0 Å². The molecule has 0 unspecified atom stereocenters. The maximum Gasteiger partial charge on any atom is 0.369 e. The van der Waals surface area contributed by atoms with E-state index in [2.05, 4.69) is 10.4 Å². The number of hydrogen-bond donors (Lipinski definition) is 1.